The number of amides is 1. The molecule has 1 N–H and O–H groups in total. The number of nitrogens with zero attached hydrogens (tertiary/aromatic N) is 2. The SMILES string of the molecule is O=C(NCc1ccc(-c2noc(-c3ccc(Cl)c(Cl)c3)n2)s1)C1CC1. The van der Waals surface area contributed by atoms with Crippen LogP contribution in [0.4, 0.5) is 0 Å². The normalized spacial score (nSPS) is 13.8. The third-order valence-corrected chi connectivity index (χ3v) is 5.68. The van der Waals surface area contributed by atoms with Crippen molar-refractivity contribution in [2.24, 2.45) is 5.92 Å². The molecule has 0 bridgehead atoms. The van der Waals surface area contributed by atoms with Crippen LogP contribution in [-0.4, -0.2) is 16.0 Å². The zero-order chi connectivity index (χ0) is 17.4. The van der Waals surface area contributed by atoms with Crippen LogP contribution in [0.3, 0.4) is 0 Å². The molecule has 0 aliphatic heterocycles. The second-order valence-electron chi connectivity index (χ2n) is 5.81. The molecule has 3 aromatic rings. The molecule has 0 radical (unpaired) electrons. The van der Waals surface area contributed by atoms with E-state index in [4.69, 9.17) is 27.7 Å². The summed E-state index contributed by atoms with van der Waals surface area (Å²) in [5.41, 5.74) is 0.710. The summed E-state index contributed by atoms with van der Waals surface area (Å²) in [6.45, 7) is 0.525. The number of rotatable bonds is 5. The van der Waals surface area contributed by atoms with Gasteiger partial charge in [0, 0.05) is 16.4 Å². The highest BCUT2D eigenvalue weighted by atomic mass is 35.5. The van der Waals surface area contributed by atoms with E-state index in [2.05, 4.69) is 15.5 Å². The summed E-state index contributed by atoms with van der Waals surface area (Å²) in [6, 6.07) is 9.04. The molecule has 0 atom stereocenters. The van der Waals surface area contributed by atoms with Crippen molar-refractivity contribution < 1.29 is 9.32 Å². The molecule has 4 rings (SSSR count). The zero-order valence-corrected chi connectivity index (χ0v) is 15.3. The summed E-state index contributed by atoms with van der Waals surface area (Å²) in [5, 5.41) is 7.88. The molecule has 2 heterocycles. The number of thiophene rings is 1. The van der Waals surface area contributed by atoms with Crippen molar-refractivity contribution >= 4 is 40.4 Å². The molecule has 1 aliphatic rings. The maximum Gasteiger partial charge on any atom is 0.258 e. The fourth-order valence-electron chi connectivity index (χ4n) is 2.33. The van der Waals surface area contributed by atoms with E-state index in [0.717, 1.165) is 22.6 Å². The largest absolute Gasteiger partial charge is 0.351 e. The van der Waals surface area contributed by atoms with Crippen LogP contribution in [0.5, 0.6) is 0 Å². The summed E-state index contributed by atoms with van der Waals surface area (Å²) in [7, 11) is 0. The van der Waals surface area contributed by atoms with Crippen molar-refractivity contribution in [3.63, 3.8) is 0 Å². The molecule has 128 valence electrons. The number of carbonyl (C=O) groups is 1. The molecule has 1 fully saturated rings. The Bertz CT molecular complexity index is 934. The summed E-state index contributed by atoms with van der Waals surface area (Å²) in [5.74, 6) is 1.23. The van der Waals surface area contributed by atoms with Gasteiger partial charge in [0.1, 0.15) is 0 Å². The summed E-state index contributed by atoms with van der Waals surface area (Å²) >= 11 is 13.5. The van der Waals surface area contributed by atoms with Crippen LogP contribution in [0.2, 0.25) is 10.0 Å². The minimum Gasteiger partial charge on any atom is -0.351 e. The van der Waals surface area contributed by atoms with Gasteiger partial charge in [-0.2, -0.15) is 4.98 Å². The molecule has 25 heavy (non-hydrogen) atoms. The molecule has 1 amide bonds. The van der Waals surface area contributed by atoms with Gasteiger partial charge in [0.05, 0.1) is 21.5 Å². The topological polar surface area (TPSA) is 68.0 Å². The van der Waals surface area contributed by atoms with Crippen LogP contribution in [0.15, 0.2) is 34.9 Å². The van der Waals surface area contributed by atoms with Gasteiger partial charge in [-0.25, -0.2) is 0 Å². The van der Waals surface area contributed by atoms with Crippen LogP contribution < -0.4 is 5.32 Å². The van der Waals surface area contributed by atoms with Gasteiger partial charge < -0.3 is 9.84 Å². The number of benzene rings is 1. The molecule has 0 spiro atoms. The Morgan fingerprint density at radius 1 is 1.24 bits per heavy atom. The van der Waals surface area contributed by atoms with E-state index in [1.807, 2.05) is 12.1 Å². The van der Waals surface area contributed by atoms with Crippen molar-refractivity contribution in [3.05, 3.63) is 45.3 Å². The van der Waals surface area contributed by atoms with Crippen LogP contribution in [0.1, 0.15) is 17.7 Å². The zero-order valence-electron chi connectivity index (χ0n) is 13.0. The third-order valence-electron chi connectivity index (χ3n) is 3.86. The third kappa shape index (κ3) is 3.71. The highest BCUT2D eigenvalue weighted by molar-refractivity contribution is 7.15. The standard InChI is InChI=1S/C17H13Cl2N3O2S/c18-12-5-3-10(7-13(12)19)17-21-15(22-24-17)14-6-4-11(25-14)8-20-16(23)9-1-2-9/h3-7,9H,1-2,8H2,(H,20,23). The van der Waals surface area contributed by atoms with Crippen LogP contribution >= 0.6 is 34.5 Å². The molecule has 2 aromatic heterocycles. The number of aromatic nitrogens is 2. The van der Waals surface area contributed by atoms with Crippen molar-refractivity contribution in [3.8, 4) is 22.2 Å². The molecule has 0 saturated heterocycles. The number of halogens is 2. The fraction of sp³-hybridized carbons (Fsp3) is 0.235. The van der Waals surface area contributed by atoms with E-state index < -0.39 is 0 Å². The van der Waals surface area contributed by atoms with Gasteiger partial charge in [0.15, 0.2) is 0 Å². The first-order valence-corrected chi connectivity index (χ1v) is 9.33. The van der Waals surface area contributed by atoms with E-state index in [1.54, 1.807) is 18.2 Å². The second kappa shape index (κ2) is 6.78. The lowest BCUT2D eigenvalue weighted by Crippen LogP contribution is -2.23. The van der Waals surface area contributed by atoms with E-state index in [0.29, 0.717) is 33.9 Å². The minimum absolute atomic E-state index is 0.136. The molecule has 8 heteroatoms. The predicted molar refractivity (Wildman–Crippen MR) is 97.6 cm³/mol. The van der Waals surface area contributed by atoms with Crippen molar-refractivity contribution in [2.75, 3.05) is 0 Å². The average molecular weight is 394 g/mol. The van der Waals surface area contributed by atoms with Gasteiger partial charge in [0.25, 0.3) is 5.89 Å². The summed E-state index contributed by atoms with van der Waals surface area (Å²) in [4.78, 5) is 18.0. The molecule has 5 nitrogen and oxygen atoms in total. The summed E-state index contributed by atoms with van der Waals surface area (Å²) < 4.78 is 5.32. The van der Waals surface area contributed by atoms with Crippen molar-refractivity contribution in [1.82, 2.24) is 15.5 Å². The lowest BCUT2D eigenvalue weighted by Gasteiger charge is -2.00. The first-order valence-electron chi connectivity index (χ1n) is 7.76. The van der Waals surface area contributed by atoms with E-state index >= 15 is 0 Å². The van der Waals surface area contributed by atoms with Gasteiger partial charge in [-0.05, 0) is 43.2 Å². The Morgan fingerprint density at radius 3 is 2.84 bits per heavy atom. The monoisotopic (exact) mass is 393 g/mol. The van der Waals surface area contributed by atoms with E-state index in [1.165, 1.54) is 11.3 Å². The quantitative estimate of drug-likeness (QED) is 0.675. The molecule has 1 saturated carbocycles. The van der Waals surface area contributed by atoms with Gasteiger partial charge in [0.2, 0.25) is 11.7 Å². The summed E-state index contributed by atoms with van der Waals surface area (Å²) in [6.07, 6.45) is 2.00. The second-order valence-corrected chi connectivity index (χ2v) is 7.79. The Labute approximate surface area is 158 Å². The number of hydrogen-bond donors (Lipinski definition) is 1. The molecular formula is C17H13Cl2N3O2S. The van der Waals surface area contributed by atoms with Crippen LogP contribution in [0, 0.1) is 5.92 Å². The van der Waals surface area contributed by atoms with Crippen molar-refractivity contribution in [1.29, 1.82) is 0 Å². The Hall–Kier alpha value is -1.89. The molecule has 0 unspecified atom stereocenters. The number of hydrogen-bond acceptors (Lipinski definition) is 5. The van der Waals surface area contributed by atoms with Crippen LogP contribution in [-0.2, 0) is 11.3 Å². The van der Waals surface area contributed by atoms with E-state index in [-0.39, 0.29) is 11.8 Å². The van der Waals surface area contributed by atoms with Crippen LogP contribution in [0.25, 0.3) is 22.2 Å². The van der Waals surface area contributed by atoms with Gasteiger partial charge in [-0.1, -0.05) is 28.4 Å². The number of carbonyl (C=O) groups excluding carboxylic acids is 1. The Balaban J connectivity index is 1.48. The fourth-order valence-corrected chi connectivity index (χ4v) is 3.50. The van der Waals surface area contributed by atoms with Gasteiger partial charge in [-0.3, -0.25) is 4.79 Å². The first-order chi connectivity index (χ1) is 12.1. The minimum atomic E-state index is 0.136. The lowest BCUT2D eigenvalue weighted by molar-refractivity contribution is -0.122. The van der Waals surface area contributed by atoms with E-state index in [9.17, 15) is 4.79 Å². The highest BCUT2D eigenvalue weighted by Crippen LogP contribution is 2.31. The molecule has 1 aliphatic carbocycles. The van der Waals surface area contributed by atoms with Crippen molar-refractivity contribution in [2.45, 2.75) is 19.4 Å². The molecular weight excluding hydrogens is 381 g/mol. The number of nitrogens with one attached hydrogen (secondary N) is 1. The maximum atomic E-state index is 11.7. The van der Waals surface area contributed by atoms with Gasteiger partial charge >= 0.3 is 0 Å². The average Bonchev–Trinajstić information content (AvgIpc) is 3.16. The first kappa shape index (κ1) is 16.6. The Kier molecular flexibility index (Phi) is 4.50. The smallest absolute Gasteiger partial charge is 0.258 e. The highest BCUT2D eigenvalue weighted by Gasteiger charge is 2.29. The maximum absolute atomic E-state index is 11.7. The Morgan fingerprint density at radius 2 is 2.08 bits per heavy atom. The van der Waals surface area contributed by atoms with Gasteiger partial charge in [-0.15, -0.1) is 11.3 Å². The lowest BCUT2D eigenvalue weighted by atomic mass is 10.2. The molecule has 1 aromatic carbocycles. The predicted octanol–water partition coefficient (Wildman–Crippen LogP) is 4.80.